The molecule has 10 heteroatoms. The molecule has 0 aliphatic heterocycles. The van der Waals surface area contributed by atoms with E-state index in [1.807, 2.05) is 219 Å². The molecule has 0 spiro atoms. The topological polar surface area (TPSA) is 77.3 Å². The van der Waals surface area contributed by atoms with E-state index in [2.05, 4.69) is 227 Å². The van der Waals surface area contributed by atoms with Crippen molar-refractivity contribution in [3.63, 3.8) is 0 Å². The molecule has 6 heterocycles. The molecule has 0 N–H and O–H groups in total. The molecule has 16 rings (SSSR count). The van der Waals surface area contributed by atoms with E-state index in [4.69, 9.17) is 0 Å². The van der Waals surface area contributed by atoms with Crippen LogP contribution in [-0.4, -0.2) is 29.9 Å². The van der Waals surface area contributed by atoms with E-state index in [1.165, 1.54) is 55.6 Å². The molecular weight excluding hydrogens is 1990 g/mol. The Morgan fingerprint density at radius 1 is 0.219 bits per heavy atom. The Morgan fingerprint density at radius 3 is 0.895 bits per heavy atom. The summed E-state index contributed by atoms with van der Waals surface area (Å²) in [6.07, 6.45) is 10.9. The average Bonchev–Trinajstić information content (AvgIpc) is 0.817. The van der Waals surface area contributed by atoms with Gasteiger partial charge in [-0.1, -0.05) is 219 Å². The van der Waals surface area contributed by atoms with Gasteiger partial charge in [-0.15, -0.1) is 208 Å². The van der Waals surface area contributed by atoms with Crippen LogP contribution < -0.4 is 0 Å². The number of hydrogen-bond acceptors (Lipinski definition) is 6. The summed E-state index contributed by atoms with van der Waals surface area (Å²) in [6, 6.07) is 133. The molecule has 0 atom stereocenters. The van der Waals surface area contributed by atoms with Gasteiger partial charge >= 0.3 is 0 Å². The summed E-state index contributed by atoms with van der Waals surface area (Å²) < 4.78 is 0. The average molecular weight is 2070 g/mol. The van der Waals surface area contributed by atoms with Crippen molar-refractivity contribution in [1.82, 2.24) is 29.9 Å². The Morgan fingerprint density at radius 2 is 0.543 bits per heavy atom. The van der Waals surface area contributed by atoms with Crippen molar-refractivity contribution in [2.24, 2.45) is 0 Å². The van der Waals surface area contributed by atoms with E-state index < -0.39 is 0 Å². The van der Waals surface area contributed by atoms with Crippen molar-refractivity contribution in [3.8, 4) is 112 Å². The third kappa shape index (κ3) is 25.5. The zero-order chi connectivity index (χ0) is 69.5. The predicted molar refractivity (Wildman–Crippen MR) is 416 cm³/mol. The zero-order valence-corrected chi connectivity index (χ0v) is 67.9. The summed E-state index contributed by atoms with van der Waals surface area (Å²) in [4.78, 5) is 26.0. The van der Waals surface area contributed by atoms with Gasteiger partial charge in [0.25, 0.3) is 0 Å². The molecule has 16 aromatic rings. The van der Waals surface area contributed by atoms with E-state index in [0.717, 1.165) is 67.5 Å². The molecule has 0 saturated heterocycles. The van der Waals surface area contributed by atoms with E-state index in [9.17, 15) is 0 Å². The van der Waals surface area contributed by atoms with Crippen LogP contribution in [0.15, 0.2) is 377 Å². The van der Waals surface area contributed by atoms with Crippen molar-refractivity contribution in [2.75, 3.05) is 0 Å². The second-order valence-electron chi connectivity index (χ2n) is 24.2. The van der Waals surface area contributed by atoms with Gasteiger partial charge in [-0.2, -0.15) is 0 Å². The molecule has 4 radical (unpaired) electrons. The third-order valence-corrected chi connectivity index (χ3v) is 15.9. The molecule has 0 bridgehead atoms. The van der Waals surface area contributed by atoms with Gasteiger partial charge < -0.3 is 29.9 Å². The first kappa shape index (κ1) is 82.0. The van der Waals surface area contributed by atoms with E-state index in [0.29, 0.717) is 0 Å². The standard InChI is InChI=1S/C21H20N.C18H14N.2C17H12N.2C11H8N.4Ir/c1-21(2,3)19-12-13-22-20(15-19)18-11-7-10-17(14-18)16-8-5-4-6-9-16;1-14-6-4-7-15(12-14)16-8-5-9-17(13-16)18-10-2-3-11-19-18;1-2-7-14(8-3-1)15-9-6-10-16(13-15)17-11-4-5-12-18-17;1-2-6-14(7-3-1)15-9-11-16(12-10-15)17-8-4-5-13-18-17;2*1-2-6-10(7-3-1)11-8-4-5-9-12-11;;;;/h4-10,12-15H,1-3H3;2-8,10-13H,1H3;1-9,11-13H;1-11,13H;2*1-6,8-9H;;;;/q6*-1;;;;. The Kier molecular flexibility index (Phi) is 34.1. The van der Waals surface area contributed by atoms with Crippen LogP contribution in [0.5, 0.6) is 0 Å². The van der Waals surface area contributed by atoms with Gasteiger partial charge in [0, 0.05) is 118 Å². The molecule has 526 valence electrons. The number of hydrogen-bond donors (Lipinski definition) is 0. The van der Waals surface area contributed by atoms with Gasteiger partial charge in [0.05, 0.1) is 0 Å². The summed E-state index contributed by atoms with van der Waals surface area (Å²) in [5, 5.41) is 0. The molecule has 0 saturated carbocycles. The Bertz CT molecular complexity index is 4790. The maximum atomic E-state index is 4.53. The quantitative estimate of drug-likeness (QED) is 0.127. The smallest absolute Gasteiger partial charge is 0.0163 e. The summed E-state index contributed by atoms with van der Waals surface area (Å²) in [5.74, 6) is 0. The van der Waals surface area contributed by atoms with Gasteiger partial charge in [0.15, 0.2) is 0 Å². The third-order valence-electron chi connectivity index (χ3n) is 15.9. The van der Waals surface area contributed by atoms with Gasteiger partial charge in [0.1, 0.15) is 0 Å². The fraction of sp³-hybridized carbons (Fsp3) is 0.0526. The Balaban J connectivity index is 0.000000177. The molecule has 10 aromatic carbocycles. The SMILES string of the molecule is CC(C)(C)c1ccnc(-c2[c-]ccc(-c3ccccc3)c2)c1.Cc1cccc(-c2cc[c-]c(-c3ccccn3)c2)c1.[Ir].[Ir].[Ir].[Ir].[c-]1cc(-c2ccccc2)ccc1-c1ccccn1.[c-]1ccc(-c2ccccc2)cc1-c1ccccn1.[c-]1ccccc1-c1ccccn1.[c-]1ccccc1-c1ccccn1. The minimum Gasteiger partial charge on any atom is -0.305 e. The molecule has 0 aliphatic rings. The monoisotopic (exact) mass is 2070 g/mol. The first-order valence-electron chi connectivity index (χ1n) is 33.4. The number of aryl methyl sites for hydroxylation is 1. The molecular formula is C95H74Ir4N6-6. The largest absolute Gasteiger partial charge is 0.305 e. The van der Waals surface area contributed by atoms with Crippen LogP contribution in [-0.2, 0) is 85.8 Å². The second-order valence-corrected chi connectivity index (χ2v) is 24.2. The molecule has 0 amide bonds. The van der Waals surface area contributed by atoms with Crippen LogP contribution in [0.25, 0.3) is 112 Å². The molecule has 6 nitrogen and oxygen atoms in total. The second kappa shape index (κ2) is 43.7. The van der Waals surface area contributed by atoms with Crippen LogP contribution in [0.3, 0.4) is 0 Å². The number of pyridine rings is 6. The molecule has 6 aromatic heterocycles. The van der Waals surface area contributed by atoms with E-state index in [-0.39, 0.29) is 85.8 Å². The minimum atomic E-state index is 0. The van der Waals surface area contributed by atoms with Crippen LogP contribution in [0, 0.1) is 43.3 Å². The molecule has 105 heavy (non-hydrogen) atoms. The first-order chi connectivity index (χ1) is 49.7. The normalized spacial score (nSPS) is 9.98. The minimum absolute atomic E-state index is 0. The maximum Gasteiger partial charge on any atom is 0.0163 e. The van der Waals surface area contributed by atoms with Crippen molar-refractivity contribution in [1.29, 1.82) is 0 Å². The van der Waals surface area contributed by atoms with E-state index >= 15 is 0 Å². The molecule has 0 aliphatic carbocycles. The number of nitrogens with zero attached hydrogens (tertiary/aromatic N) is 6. The van der Waals surface area contributed by atoms with E-state index in [1.54, 1.807) is 24.8 Å². The van der Waals surface area contributed by atoms with Gasteiger partial charge in [-0.25, -0.2) is 0 Å². The molecule has 0 fully saturated rings. The van der Waals surface area contributed by atoms with Crippen LogP contribution >= 0.6 is 0 Å². The van der Waals surface area contributed by atoms with Crippen molar-refractivity contribution < 1.29 is 80.4 Å². The maximum absolute atomic E-state index is 4.53. The van der Waals surface area contributed by atoms with Crippen LogP contribution in [0.1, 0.15) is 31.9 Å². The molecule has 0 unspecified atom stereocenters. The van der Waals surface area contributed by atoms with Crippen molar-refractivity contribution in [2.45, 2.75) is 33.1 Å². The Labute approximate surface area is 673 Å². The number of benzene rings is 10. The van der Waals surface area contributed by atoms with Gasteiger partial charge in [-0.05, 0) is 105 Å². The summed E-state index contributed by atoms with van der Waals surface area (Å²) in [7, 11) is 0. The predicted octanol–water partition coefficient (Wildman–Crippen LogP) is 23.6. The van der Waals surface area contributed by atoms with Crippen molar-refractivity contribution in [3.05, 3.63) is 424 Å². The fourth-order valence-corrected chi connectivity index (χ4v) is 10.6. The Hall–Kier alpha value is -10.3. The summed E-state index contributed by atoms with van der Waals surface area (Å²) in [6.45, 7) is 8.76. The fourth-order valence-electron chi connectivity index (χ4n) is 10.6. The number of rotatable bonds is 10. The zero-order valence-electron chi connectivity index (χ0n) is 58.3. The summed E-state index contributed by atoms with van der Waals surface area (Å²) in [5.41, 5.74) is 24.3. The number of aromatic nitrogens is 6. The van der Waals surface area contributed by atoms with Crippen LogP contribution in [0.4, 0.5) is 0 Å². The van der Waals surface area contributed by atoms with Crippen molar-refractivity contribution >= 4 is 0 Å². The van der Waals surface area contributed by atoms with Gasteiger partial charge in [-0.3, -0.25) is 0 Å². The summed E-state index contributed by atoms with van der Waals surface area (Å²) >= 11 is 0. The first-order valence-corrected chi connectivity index (χ1v) is 33.4. The van der Waals surface area contributed by atoms with Crippen LogP contribution in [0.2, 0.25) is 0 Å². The van der Waals surface area contributed by atoms with Gasteiger partial charge in [0.2, 0.25) is 0 Å².